The Morgan fingerprint density at radius 1 is 1.40 bits per heavy atom. The molecule has 0 aliphatic carbocycles. The van der Waals surface area contributed by atoms with E-state index < -0.39 is 0 Å². The molecule has 0 aliphatic rings. The van der Waals surface area contributed by atoms with Gasteiger partial charge in [-0.2, -0.15) is 5.10 Å². The fourth-order valence-corrected chi connectivity index (χ4v) is 1.37. The molecule has 0 bridgehead atoms. The highest BCUT2D eigenvalue weighted by molar-refractivity contribution is 5.86. The molecule has 0 radical (unpaired) electrons. The van der Waals surface area contributed by atoms with Crippen LogP contribution in [0.3, 0.4) is 0 Å². The summed E-state index contributed by atoms with van der Waals surface area (Å²) in [7, 11) is 0. The number of aromatic amines is 1. The summed E-state index contributed by atoms with van der Waals surface area (Å²) in [5.74, 6) is 0.706. The Hall–Kier alpha value is -1.69. The van der Waals surface area contributed by atoms with Gasteiger partial charge in [-0.1, -0.05) is 0 Å². The molecule has 0 fully saturated rings. The van der Waals surface area contributed by atoms with Crippen LogP contribution >= 0.6 is 0 Å². The molecule has 0 amide bonds. The van der Waals surface area contributed by atoms with Crippen molar-refractivity contribution in [2.75, 3.05) is 18.5 Å². The molecular formula is C9H13N5O. The first-order valence-electron chi connectivity index (χ1n) is 4.83. The molecule has 80 valence electrons. The number of rotatable bonds is 4. The van der Waals surface area contributed by atoms with E-state index in [0.717, 1.165) is 16.7 Å². The maximum absolute atomic E-state index is 8.67. The van der Waals surface area contributed by atoms with Crippen molar-refractivity contribution in [3.63, 3.8) is 0 Å². The average Bonchev–Trinajstić information content (AvgIpc) is 2.62. The summed E-state index contributed by atoms with van der Waals surface area (Å²) < 4.78 is 0. The number of hydrogen-bond donors (Lipinski definition) is 3. The summed E-state index contributed by atoms with van der Waals surface area (Å²) in [5, 5.41) is 18.8. The number of nitrogens with zero attached hydrogens (tertiary/aromatic N) is 3. The Labute approximate surface area is 86.8 Å². The maximum Gasteiger partial charge on any atom is 0.157 e. The lowest BCUT2D eigenvalue weighted by Crippen LogP contribution is -2.05. The van der Waals surface area contributed by atoms with Gasteiger partial charge in [-0.25, -0.2) is 9.97 Å². The van der Waals surface area contributed by atoms with Crippen LogP contribution in [0.25, 0.3) is 11.0 Å². The molecule has 6 nitrogen and oxygen atoms in total. The summed E-state index contributed by atoms with van der Waals surface area (Å²) in [6.45, 7) is 2.76. The fourth-order valence-electron chi connectivity index (χ4n) is 1.37. The van der Waals surface area contributed by atoms with Crippen LogP contribution in [0.15, 0.2) is 6.33 Å². The predicted octanol–water partition coefficient (Wildman–Crippen LogP) is 0.456. The van der Waals surface area contributed by atoms with Gasteiger partial charge in [0, 0.05) is 13.2 Å². The standard InChI is InChI=1S/C9H13N5O/c1-6-7-8(14-13-6)9(12-5-11-7)10-3-2-4-15/h5,15H,2-4H2,1H3,(H,13,14)(H,10,11,12). The molecular weight excluding hydrogens is 194 g/mol. The SMILES string of the molecule is Cc1[nH]nc2c(NCCCO)ncnc12. The van der Waals surface area contributed by atoms with Crippen molar-refractivity contribution >= 4 is 16.9 Å². The van der Waals surface area contributed by atoms with Gasteiger partial charge in [-0.3, -0.25) is 5.10 Å². The van der Waals surface area contributed by atoms with Gasteiger partial charge in [0.25, 0.3) is 0 Å². The highest BCUT2D eigenvalue weighted by atomic mass is 16.3. The minimum Gasteiger partial charge on any atom is -0.396 e. The lowest BCUT2D eigenvalue weighted by atomic mass is 10.3. The quantitative estimate of drug-likeness (QED) is 0.634. The van der Waals surface area contributed by atoms with Crippen molar-refractivity contribution in [3.05, 3.63) is 12.0 Å². The Bertz CT molecular complexity index is 453. The molecule has 2 aromatic rings. The molecule has 0 saturated carbocycles. The highest BCUT2D eigenvalue weighted by Gasteiger charge is 2.07. The lowest BCUT2D eigenvalue weighted by molar-refractivity contribution is 0.292. The average molecular weight is 207 g/mol. The number of aromatic nitrogens is 4. The van der Waals surface area contributed by atoms with Crippen LogP contribution in [-0.2, 0) is 0 Å². The Balaban J connectivity index is 2.26. The molecule has 0 aliphatic heterocycles. The number of aliphatic hydroxyl groups is 1. The van der Waals surface area contributed by atoms with Crippen molar-refractivity contribution in [2.45, 2.75) is 13.3 Å². The van der Waals surface area contributed by atoms with Gasteiger partial charge in [0.2, 0.25) is 0 Å². The second kappa shape index (κ2) is 4.22. The predicted molar refractivity (Wildman–Crippen MR) is 56.6 cm³/mol. The normalized spacial score (nSPS) is 10.8. The Morgan fingerprint density at radius 2 is 2.27 bits per heavy atom. The molecule has 2 heterocycles. The van der Waals surface area contributed by atoms with Crippen molar-refractivity contribution in [2.24, 2.45) is 0 Å². The zero-order chi connectivity index (χ0) is 10.7. The van der Waals surface area contributed by atoms with Crippen LogP contribution in [0.1, 0.15) is 12.1 Å². The van der Waals surface area contributed by atoms with Crippen LogP contribution < -0.4 is 5.32 Å². The summed E-state index contributed by atoms with van der Waals surface area (Å²) in [6, 6.07) is 0. The molecule has 15 heavy (non-hydrogen) atoms. The number of anilines is 1. The van der Waals surface area contributed by atoms with Gasteiger partial charge in [0.1, 0.15) is 11.8 Å². The number of fused-ring (bicyclic) bond motifs is 1. The molecule has 2 rings (SSSR count). The molecule has 0 saturated heterocycles. The summed E-state index contributed by atoms with van der Waals surface area (Å²) in [4.78, 5) is 8.24. The van der Waals surface area contributed by atoms with E-state index in [1.54, 1.807) is 0 Å². The largest absolute Gasteiger partial charge is 0.396 e. The van der Waals surface area contributed by atoms with Gasteiger partial charge in [-0.15, -0.1) is 0 Å². The van der Waals surface area contributed by atoms with Crippen molar-refractivity contribution in [3.8, 4) is 0 Å². The second-order valence-corrected chi connectivity index (χ2v) is 3.27. The third-order valence-electron chi connectivity index (χ3n) is 2.14. The lowest BCUT2D eigenvalue weighted by Gasteiger charge is -2.03. The minimum absolute atomic E-state index is 0.167. The molecule has 3 N–H and O–H groups in total. The van der Waals surface area contributed by atoms with Crippen molar-refractivity contribution < 1.29 is 5.11 Å². The first kappa shape index (κ1) is 9.85. The highest BCUT2D eigenvalue weighted by Crippen LogP contribution is 2.18. The van der Waals surface area contributed by atoms with Crippen LogP contribution in [0.2, 0.25) is 0 Å². The van der Waals surface area contributed by atoms with Crippen LogP contribution in [-0.4, -0.2) is 38.4 Å². The molecule has 0 spiro atoms. The molecule has 6 heteroatoms. The van der Waals surface area contributed by atoms with Crippen molar-refractivity contribution in [1.82, 2.24) is 20.2 Å². The van der Waals surface area contributed by atoms with Gasteiger partial charge in [-0.05, 0) is 13.3 Å². The minimum atomic E-state index is 0.167. The second-order valence-electron chi connectivity index (χ2n) is 3.27. The summed E-state index contributed by atoms with van der Waals surface area (Å²) >= 11 is 0. The zero-order valence-electron chi connectivity index (χ0n) is 8.49. The van der Waals surface area contributed by atoms with E-state index in [4.69, 9.17) is 5.11 Å². The molecule has 2 aromatic heterocycles. The first-order chi connectivity index (χ1) is 7.33. The van der Waals surface area contributed by atoms with E-state index in [0.29, 0.717) is 18.8 Å². The van der Waals surface area contributed by atoms with E-state index in [2.05, 4.69) is 25.5 Å². The number of nitrogens with one attached hydrogen (secondary N) is 2. The van der Waals surface area contributed by atoms with E-state index in [1.165, 1.54) is 6.33 Å². The summed E-state index contributed by atoms with van der Waals surface area (Å²) in [6.07, 6.45) is 2.20. The Morgan fingerprint density at radius 3 is 3.07 bits per heavy atom. The topological polar surface area (TPSA) is 86.7 Å². The maximum atomic E-state index is 8.67. The van der Waals surface area contributed by atoms with Gasteiger partial charge in [0.15, 0.2) is 11.3 Å². The van der Waals surface area contributed by atoms with Gasteiger partial charge >= 0.3 is 0 Å². The summed E-state index contributed by atoms with van der Waals surface area (Å²) in [5.41, 5.74) is 2.50. The van der Waals surface area contributed by atoms with E-state index in [9.17, 15) is 0 Å². The van der Waals surface area contributed by atoms with Crippen LogP contribution in [0, 0.1) is 6.92 Å². The molecule has 0 aromatic carbocycles. The van der Waals surface area contributed by atoms with Gasteiger partial charge < -0.3 is 10.4 Å². The van der Waals surface area contributed by atoms with Crippen LogP contribution in [0.5, 0.6) is 0 Å². The molecule has 0 atom stereocenters. The van der Waals surface area contributed by atoms with Crippen molar-refractivity contribution in [1.29, 1.82) is 0 Å². The number of H-pyrrole nitrogens is 1. The number of hydrogen-bond acceptors (Lipinski definition) is 5. The van der Waals surface area contributed by atoms with Gasteiger partial charge in [0.05, 0.1) is 5.69 Å². The third-order valence-corrected chi connectivity index (χ3v) is 2.14. The molecule has 0 unspecified atom stereocenters. The van der Waals surface area contributed by atoms with E-state index in [1.807, 2.05) is 6.92 Å². The number of aliphatic hydroxyl groups excluding tert-OH is 1. The first-order valence-corrected chi connectivity index (χ1v) is 4.83. The smallest absolute Gasteiger partial charge is 0.157 e. The fraction of sp³-hybridized carbons (Fsp3) is 0.444. The van der Waals surface area contributed by atoms with E-state index in [-0.39, 0.29) is 6.61 Å². The monoisotopic (exact) mass is 207 g/mol. The third kappa shape index (κ3) is 1.89. The number of aryl methyl sites for hydroxylation is 1. The van der Waals surface area contributed by atoms with Crippen LogP contribution in [0.4, 0.5) is 5.82 Å². The Kier molecular flexibility index (Phi) is 2.77. The van der Waals surface area contributed by atoms with E-state index >= 15 is 0 Å². The zero-order valence-corrected chi connectivity index (χ0v) is 8.49.